The molecular formula is C23H29Cl3N2O3. The van der Waals surface area contributed by atoms with Crippen molar-refractivity contribution in [1.82, 2.24) is 10.2 Å². The highest BCUT2D eigenvalue weighted by Gasteiger charge is 2.13. The van der Waals surface area contributed by atoms with Crippen LogP contribution >= 0.6 is 34.8 Å². The Hall–Kier alpha value is -1.21. The van der Waals surface area contributed by atoms with Gasteiger partial charge in [-0.05, 0) is 50.2 Å². The van der Waals surface area contributed by atoms with E-state index in [-0.39, 0.29) is 0 Å². The van der Waals surface area contributed by atoms with Crippen molar-refractivity contribution in [3.05, 3.63) is 56.5 Å². The molecule has 0 aromatic heterocycles. The zero-order chi connectivity index (χ0) is 22.1. The number of nitrogens with zero attached hydrogens (tertiary/aromatic N) is 1. The molecule has 0 radical (unpaired) electrons. The van der Waals surface area contributed by atoms with Crippen LogP contribution in [0.15, 0.2) is 30.3 Å². The fraction of sp³-hybridized carbons (Fsp3) is 0.478. The summed E-state index contributed by atoms with van der Waals surface area (Å²) in [5, 5.41) is 5.27. The van der Waals surface area contributed by atoms with Gasteiger partial charge in [-0.2, -0.15) is 0 Å². The van der Waals surface area contributed by atoms with Crippen LogP contribution in [-0.2, 0) is 17.9 Å². The van der Waals surface area contributed by atoms with Gasteiger partial charge in [0.25, 0.3) is 0 Å². The monoisotopic (exact) mass is 486 g/mol. The summed E-state index contributed by atoms with van der Waals surface area (Å²) in [6, 6.07) is 9.09. The van der Waals surface area contributed by atoms with E-state index in [2.05, 4.69) is 10.2 Å². The van der Waals surface area contributed by atoms with Crippen molar-refractivity contribution in [3.8, 4) is 11.5 Å². The average molecular weight is 488 g/mol. The van der Waals surface area contributed by atoms with Gasteiger partial charge >= 0.3 is 0 Å². The molecule has 8 heteroatoms. The first-order valence-corrected chi connectivity index (χ1v) is 11.7. The van der Waals surface area contributed by atoms with Crippen LogP contribution in [0.4, 0.5) is 0 Å². The van der Waals surface area contributed by atoms with Gasteiger partial charge in [-0.3, -0.25) is 4.90 Å². The van der Waals surface area contributed by atoms with Crippen LogP contribution in [0.5, 0.6) is 11.5 Å². The van der Waals surface area contributed by atoms with Crippen molar-refractivity contribution < 1.29 is 14.2 Å². The fourth-order valence-corrected chi connectivity index (χ4v) is 4.05. The number of nitrogens with one attached hydrogen (secondary N) is 1. The fourth-order valence-electron chi connectivity index (χ4n) is 3.36. The largest absolute Gasteiger partial charge is 0.490 e. The second kappa shape index (κ2) is 12.7. The molecule has 3 rings (SSSR count). The molecule has 170 valence electrons. The number of benzene rings is 2. The lowest BCUT2D eigenvalue weighted by Gasteiger charge is -2.26. The van der Waals surface area contributed by atoms with Gasteiger partial charge in [0.05, 0.1) is 19.8 Å². The zero-order valence-corrected chi connectivity index (χ0v) is 20.0. The van der Waals surface area contributed by atoms with Gasteiger partial charge in [0.2, 0.25) is 0 Å². The van der Waals surface area contributed by atoms with E-state index in [0.717, 1.165) is 56.9 Å². The maximum atomic E-state index is 6.53. The topological polar surface area (TPSA) is 43.0 Å². The van der Waals surface area contributed by atoms with Gasteiger partial charge in [0, 0.05) is 46.3 Å². The van der Waals surface area contributed by atoms with E-state index in [1.54, 1.807) is 18.2 Å². The smallest absolute Gasteiger partial charge is 0.163 e. The molecule has 0 amide bonds. The third-order valence-corrected chi connectivity index (χ3v) is 6.00. The number of hydrogen-bond donors (Lipinski definition) is 1. The van der Waals surface area contributed by atoms with Crippen molar-refractivity contribution >= 4 is 34.8 Å². The van der Waals surface area contributed by atoms with E-state index < -0.39 is 0 Å². The second-order valence-corrected chi connectivity index (χ2v) is 8.58. The molecule has 1 heterocycles. The molecular weight excluding hydrogens is 459 g/mol. The van der Waals surface area contributed by atoms with Crippen LogP contribution in [0.3, 0.4) is 0 Å². The number of halogens is 3. The van der Waals surface area contributed by atoms with Crippen LogP contribution in [0.2, 0.25) is 15.1 Å². The molecule has 1 N–H and O–H groups in total. The molecule has 0 aliphatic carbocycles. The first-order valence-electron chi connectivity index (χ1n) is 10.6. The van der Waals surface area contributed by atoms with Crippen molar-refractivity contribution in [3.63, 3.8) is 0 Å². The molecule has 2 aromatic carbocycles. The van der Waals surface area contributed by atoms with Crippen LogP contribution in [0, 0.1) is 0 Å². The molecule has 0 unspecified atom stereocenters. The van der Waals surface area contributed by atoms with Crippen LogP contribution < -0.4 is 14.8 Å². The standard InChI is InChI=1S/C23H29Cl3N2O3/c1-2-30-22-12-18(15-27-6-3-7-28-8-10-29-11-9-28)21(26)14-23(22)31-16-17-4-5-19(24)13-20(17)25/h4-5,12-14,27H,2-3,6-11,15-16H2,1H3. The molecule has 1 aliphatic rings. The number of hydrogen-bond acceptors (Lipinski definition) is 5. The van der Waals surface area contributed by atoms with Gasteiger partial charge < -0.3 is 19.5 Å². The van der Waals surface area contributed by atoms with Crippen LogP contribution in [0.25, 0.3) is 0 Å². The molecule has 1 saturated heterocycles. The van der Waals surface area contributed by atoms with Gasteiger partial charge in [0.1, 0.15) is 6.61 Å². The Bertz CT molecular complexity index is 845. The summed E-state index contributed by atoms with van der Waals surface area (Å²) in [7, 11) is 0. The molecule has 1 aliphatic heterocycles. The Balaban J connectivity index is 1.54. The second-order valence-electron chi connectivity index (χ2n) is 7.33. The summed E-state index contributed by atoms with van der Waals surface area (Å²) < 4.78 is 17.1. The normalized spacial score (nSPS) is 14.6. The highest BCUT2D eigenvalue weighted by atomic mass is 35.5. The molecule has 31 heavy (non-hydrogen) atoms. The van der Waals surface area contributed by atoms with Crippen molar-refractivity contribution in [2.75, 3.05) is 46.0 Å². The number of morpholine rings is 1. The van der Waals surface area contributed by atoms with E-state index in [1.807, 2.05) is 19.1 Å². The summed E-state index contributed by atoms with van der Waals surface area (Å²) in [6.07, 6.45) is 1.08. The minimum absolute atomic E-state index is 0.297. The number of ether oxygens (including phenoxy) is 3. The first-order chi connectivity index (χ1) is 15.1. The van der Waals surface area contributed by atoms with E-state index >= 15 is 0 Å². The lowest BCUT2D eigenvalue weighted by molar-refractivity contribution is 0.0374. The predicted molar refractivity (Wildman–Crippen MR) is 127 cm³/mol. The highest BCUT2D eigenvalue weighted by molar-refractivity contribution is 6.35. The Morgan fingerprint density at radius 1 is 0.968 bits per heavy atom. The van der Waals surface area contributed by atoms with Crippen molar-refractivity contribution in [2.45, 2.75) is 26.5 Å². The lowest BCUT2D eigenvalue weighted by Crippen LogP contribution is -2.37. The average Bonchev–Trinajstić information content (AvgIpc) is 2.76. The van der Waals surface area contributed by atoms with Crippen molar-refractivity contribution in [2.24, 2.45) is 0 Å². The highest BCUT2D eigenvalue weighted by Crippen LogP contribution is 2.35. The molecule has 2 aromatic rings. The third kappa shape index (κ3) is 7.70. The predicted octanol–water partition coefficient (Wildman–Crippen LogP) is 5.44. The van der Waals surface area contributed by atoms with E-state index in [9.17, 15) is 0 Å². The minimum atomic E-state index is 0.297. The van der Waals surface area contributed by atoms with Gasteiger partial charge in [-0.1, -0.05) is 40.9 Å². The molecule has 5 nitrogen and oxygen atoms in total. The minimum Gasteiger partial charge on any atom is -0.490 e. The summed E-state index contributed by atoms with van der Waals surface area (Å²) in [6.45, 7) is 9.16. The lowest BCUT2D eigenvalue weighted by atomic mass is 10.2. The van der Waals surface area contributed by atoms with Gasteiger partial charge in [0.15, 0.2) is 11.5 Å². The van der Waals surface area contributed by atoms with Gasteiger partial charge in [-0.15, -0.1) is 0 Å². The molecule has 0 atom stereocenters. The van der Waals surface area contributed by atoms with Crippen molar-refractivity contribution in [1.29, 1.82) is 0 Å². The summed E-state index contributed by atoms with van der Waals surface area (Å²) >= 11 is 18.7. The quantitative estimate of drug-likeness (QED) is 0.428. The van der Waals surface area contributed by atoms with E-state index in [0.29, 0.717) is 46.3 Å². The molecule has 0 bridgehead atoms. The first kappa shape index (κ1) is 24.4. The van der Waals surface area contributed by atoms with Crippen LogP contribution in [-0.4, -0.2) is 50.9 Å². The van der Waals surface area contributed by atoms with E-state index in [1.165, 1.54) is 0 Å². The Morgan fingerprint density at radius 2 is 1.71 bits per heavy atom. The third-order valence-electron chi connectivity index (χ3n) is 5.06. The maximum Gasteiger partial charge on any atom is 0.163 e. The van der Waals surface area contributed by atoms with Gasteiger partial charge in [-0.25, -0.2) is 0 Å². The van der Waals surface area contributed by atoms with E-state index in [4.69, 9.17) is 49.0 Å². The molecule has 0 spiro atoms. The molecule has 1 fully saturated rings. The Kier molecular flexibility index (Phi) is 10.0. The molecule has 0 saturated carbocycles. The Labute approximate surface area is 199 Å². The maximum absolute atomic E-state index is 6.53. The summed E-state index contributed by atoms with van der Waals surface area (Å²) in [4.78, 5) is 2.43. The zero-order valence-electron chi connectivity index (χ0n) is 17.8. The SMILES string of the molecule is CCOc1cc(CNCCCN2CCOCC2)c(Cl)cc1OCc1ccc(Cl)cc1Cl. The summed E-state index contributed by atoms with van der Waals surface area (Å²) in [5.41, 5.74) is 1.82. The Morgan fingerprint density at radius 3 is 2.45 bits per heavy atom. The van der Waals surface area contributed by atoms with Crippen LogP contribution in [0.1, 0.15) is 24.5 Å². The number of rotatable bonds is 11. The summed E-state index contributed by atoms with van der Waals surface area (Å²) in [5.74, 6) is 1.26.